The lowest BCUT2D eigenvalue weighted by atomic mass is 10.5. The predicted octanol–water partition coefficient (Wildman–Crippen LogP) is 2.55. The molecule has 0 amide bonds. The number of thiol groups is 1. The third-order valence-corrected chi connectivity index (χ3v) is 8.81. The van der Waals surface area contributed by atoms with E-state index in [1.807, 2.05) is 5.41 Å². The van der Waals surface area contributed by atoms with E-state index in [2.05, 4.69) is 48.8 Å². The summed E-state index contributed by atoms with van der Waals surface area (Å²) in [6.07, 6.45) is 0. The molecule has 0 aromatic rings. The van der Waals surface area contributed by atoms with Crippen LogP contribution in [0.5, 0.6) is 0 Å². The number of hydrogen-bond acceptors (Lipinski definition) is 3. The molecule has 0 fully saturated rings. The van der Waals surface area contributed by atoms with E-state index in [0.717, 1.165) is 3.05 Å². The molecule has 68 valence electrons. The summed E-state index contributed by atoms with van der Waals surface area (Å²) in [7, 11) is -0.365. The summed E-state index contributed by atoms with van der Waals surface area (Å²) < 4.78 is 5.80. The second-order valence-corrected chi connectivity index (χ2v) is 8.22. The Balaban J connectivity index is 2.67. The molecule has 1 heterocycles. The van der Waals surface area contributed by atoms with Crippen LogP contribution in [0.1, 0.15) is 6.92 Å². The summed E-state index contributed by atoms with van der Waals surface area (Å²) in [5.41, 5.74) is 0.460. The largest absolute Gasteiger partial charge is 0.461 e. The molecule has 1 atom stereocenters. The number of aliphatic imine (C=N–C) groups is 1. The van der Waals surface area contributed by atoms with E-state index >= 15 is 0 Å². The van der Waals surface area contributed by atoms with Gasteiger partial charge in [0.05, 0.1) is 6.61 Å². The fraction of sp³-hybridized carbons (Fsp3) is 0.333. The Kier molecular flexibility index (Phi) is 4.30. The third kappa shape index (κ3) is 2.59. The smallest absolute Gasteiger partial charge is 0.357 e. The van der Waals surface area contributed by atoms with Gasteiger partial charge in [-0.25, -0.2) is 9.79 Å². The lowest BCUT2D eigenvalue weighted by Crippen LogP contribution is -2.04. The molecule has 0 N–H and O–H groups in total. The fourth-order valence-electron chi connectivity index (χ4n) is 0.640. The summed E-state index contributed by atoms with van der Waals surface area (Å²) in [5.74, 6) is -0.312. The summed E-state index contributed by atoms with van der Waals surface area (Å²) in [4.78, 5) is 15.2. The van der Waals surface area contributed by atoms with Crippen molar-refractivity contribution in [1.82, 2.24) is 0 Å². The first kappa shape index (κ1) is 10.8. The Morgan fingerprint density at radius 1 is 1.83 bits per heavy atom. The lowest BCUT2D eigenvalue weighted by molar-refractivity contribution is -0.138. The van der Waals surface area contributed by atoms with Crippen molar-refractivity contribution in [2.24, 2.45) is 4.99 Å². The molecular formula is C6H7I2NO2S. The summed E-state index contributed by atoms with van der Waals surface area (Å²) in [6.45, 7) is 2.19. The Hall–Kier alpha value is 0.690. The molecule has 3 nitrogen and oxygen atoms in total. The molecule has 12 heavy (non-hydrogen) atoms. The van der Waals surface area contributed by atoms with Crippen LogP contribution in [-0.2, 0) is 9.53 Å². The number of ether oxygens (including phenoxy) is 1. The second-order valence-electron chi connectivity index (χ2n) is 1.93. The van der Waals surface area contributed by atoms with Crippen molar-refractivity contribution in [3.63, 3.8) is 0 Å². The quantitative estimate of drug-likeness (QED) is 0.431. The van der Waals surface area contributed by atoms with Crippen molar-refractivity contribution < 1.29 is 9.53 Å². The van der Waals surface area contributed by atoms with Gasteiger partial charge in [-0.2, -0.15) is 0 Å². The van der Waals surface area contributed by atoms with E-state index < -0.39 is 0 Å². The van der Waals surface area contributed by atoms with Gasteiger partial charge in [0.25, 0.3) is 0 Å². The minimum Gasteiger partial charge on any atom is -0.461 e. The number of carbonyl (C=O) groups is 1. The number of esters is 1. The molecule has 1 unspecified atom stereocenters. The maximum Gasteiger partial charge on any atom is 0.357 e. The maximum atomic E-state index is 11.1. The molecule has 0 aromatic heterocycles. The van der Waals surface area contributed by atoms with Crippen LogP contribution in [0, 0.1) is 0 Å². The van der Waals surface area contributed by atoms with Crippen molar-refractivity contribution in [1.29, 1.82) is 0 Å². The predicted molar refractivity (Wildman–Crippen MR) is 69.2 cm³/mol. The van der Waals surface area contributed by atoms with Gasteiger partial charge in [-0.15, -0.1) is 8.07 Å². The first-order valence-corrected chi connectivity index (χ1v) is 8.50. The average Bonchev–Trinajstić information content (AvgIpc) is 2.33. The van der Waals surface area contributed by atoms with E-state index in [-0.39, 0.29) is 14.0 Å². The van der Waals surface area contributed by atoms with Gasteiger partial charge in [-0.3, -0.25) is 0 Å². The van der Waals surface area contributed by atoms with Crippen LogP contribution in [0.15, 0.2) is 16.1 Å². The van der Waals surface area contributed by atoms with Crippen LogP contribution in [0.3, 0.4) is 0 Å². The molecule has 0 bridgehead atoms. The average molecular weight is 411 g/mol. The van der Waals surface area contributed by atoms with E-state index in [1.165, 1.54) is 0 Å². The highest BCUT2D eigenvalue weighted by Gasteiger charge is 2.19. The number of carbonyl (C=O) groups excluding carboxylic acids is 1. The normalized spacial score (nSPS) is 24.8. The minimum atomic E-state index is -0.365. The lowest BCUT2D eigenvalue weighted by Gasteiger charge is -1.97. The molecule has 6 heteroatoms. The number of halogens is 2. The van der Waals surface area contributed by atoms with Gasteiger partial charge >= 0.3 is 5.97 Å². The number of hydrogen-bond donors (Lipinski definition) is 1. The van der Waals surface area contributed by atoms with Crippen LogP contribution in [-0.4, -0.2) is 15.6 Å². The first-order valence-electron chi connectivity index (χ1n) is 3.23. The molecule has 1 aliphatic heterocycles. The van der Waals surface area contributed by atoms with E-state index in [0.29, 0.717) is 12.3 Å². The van der Waals surface area contributed by atoms with Gasteiger partial charge in [0, 0.05) is 0 Å². The molecule has 0 spiro atoms. The van der Waals surface area contributed by atoms with Crippen LogP contribution < -0.4 is 0 Å². The van der Waals surface area contributed by atoms with Crippen molar-refractivity contribution in [2.45, 2.75) is 6.92 Å². The summed E-state index contributed by atoms with van der Waals surface area (Å²) in [6, 6.07) is 0. The Labute approximate surface area is 99.1 Å². The summed E-state index contributed by atoms with van der Waals surface area (Å²) >= 11 is 4.42. The molecule has 0 radical (unpaired) electrons. The molecule has 0 aromatic carbocycles. The van der Waals surface area contributed by atoms with Crippen LogP contribution in [0.4, 0.5) is 0 Å². The molecule has 1 aliphatic rings. The molecule has 0 aliphatic carbocycles. The zero-order chi connectivity index (χ0) is 9.14. The minimum absolute atomic E-state index is 0.312. The van der Waals surface area contributed by atoms with Crippen molar-refractivity contribution in [2.75, 3.05) is 6.61 Å². The fourth-order valence-corrected chi connectivity index (χ4v) is 3.12. The third-order valence-electron chi connectivity index (χ3n) is 1.11. The maximum absolute atomic E-state index is 11.1. The zero-order valence-electron chi connectivity index (χ0n) is 6.25. The van der Waals surface area contributed by atoms with Crippen LogP contribution in [0.2, 0.25) is 0 Å². The van der Waals surface area contributed by atoms with Crippen molar-refractivity contribution in [3.8, 4) is 0 Å². The molecule has 1 rings (SSSR count). The first-order chi connectivity index (χ1) is 5.65. The monoisotopic (exact) mass is 411 g/mol. The van der Waals surface area contributed by atoms with Crippen LogP contribution in [0.25, 0.3) is 0 Å². The standard InChI is InChI=1S/C6H7I2NO2S/c1-2-11-5(10)4-3-12(8)6(7)9-4/h3,12H,2H2,1H3. The van der Waals surface area contributed by atoms with E-state index in [9.17, 15) is 4.79 Å². The topological polar surface area (TPSA) is 38.7 Å². The Bertz CT molecular complexity index is 264. The molecule has 0 saturated carbocycles. The number of nitrogens with zero attached hydrogens (tertiary/aromatic N) is 1. The highest BCUT2D eigenvalue weighted by atomic mass is 127. The SMILES string of the molecule is CCOC(=O)C1=C[SH](I)C(I)=N1. The molecule has 0 saturated heterocycles. The number of rotatable bonds is 2. The highest BCUT2D eigenvalue weighted by molar-refractivity contribution is 14.2. The van der Waals surface area contributed by atoms with Gasteiger partial charge < -0.3 is 4.74 Å². The van der Waals surface area contributed by atoms with E-state index in [1.54, 1.807) is 6.92 Å². The van der Waals surface area contributed by atoms with Crippen molar-refractivity contribution in [3.05, 3.63) is 11.1 Å². The van der Waals surface area contributed by atoms with Gasteiger partial charge in [0.15, 0.2) is 5.70 Å². The van der Waals surface area contributed by atoms with Gasteiger partial charge in [-0.1, -0.05) is 0 Å². The van der Waals surface area contributed by atoms with Gasteiger partial charge in [0.1, 0.15) is 3.05 Å². The second kappa shape index (κ2) is 4.80. The summed E-state index contributed by atoms with van der Waals surface area (Å²) in [5, 5.41) is 1.87. The van der Waals surface area contributed by atoms with Gasteiger partial charge in [-0.05, 0) is 56.1 Å². The van der Waals surface area contributed by atoms with Crippen LogP contribution >= 0.6 is 51.9 Å². The Morgan fingerprint density at radius 3 is 2.92 bits per heavy atom. The van der Waals surface area contributed by atoms with Gasteiger partial charge in [0.2, 0.25) is 0 Å². The van der Waals surface area contributed by atoms with E-state index in [4.69, 9.17) is 4.74 Å². The zero-order valence-corrected chi connectivity index (χ0v) is 11.5. The highest BCUT2D eigenvalue weighted by Crippen LogP contribution is 2.46. The van der Waals surface area contributed by atoms with Crippen molar-refractivity contribution >= 4 is 60.9 Å². The molecular weight excluding hydrogens is 404 g/mol. The Morgan fingerprint density at radius 2 is 2.50 bits per heavy atom.